The first-order valence-electron chi connectivity index (χ1n) is 7.64. The minimum Gasteiger partial charge on any atom is -0.394 e. The van der Waals surface area contributed by atoms with Crippen LogP contribution >= 0.6 is 0 Å². The first kappa shape index (κ1) is 15.8. The van der Waals surface area contributed by atoms with Crippen LogP contribution in [0.15, 0.2) is 30.7 Å². The van der Waals surface area contributed by atoms with Crippen molar-refractivity contribution in [1.82, 2.24) is 24.5 Å². The van der Waals surface area contributed by atoms with Crippen molar-refractivity contribution in [1.29, 1.82) is 0 Å². The van der Waals surface area contributed by atoms with E-state index >= 15 is 0 Å². The van der Waals surface area contributed by atoms with Crippen molar-refractivity contribution in [3.63, 3.8) is 0 Å². The van der Waals surface area contributed by atoms with E-state index in [0.29, 0.717) is 22.7 Å². The average Bonchev–Trinajstić information content (AvgIpc) is 3.18. The third kappa shape index (κ3) is 2.51. The molecule has 3 aromatic heterocycles. The van der Waals surface area contributed by atoms with Gasteiger partial charge >= 0.3 is 0 Å². The van der Waals surface area contributed by atoms with Gasteiger partial charge in [0, 0.05) is 6.20 Å². The van der Waals surface area contributed by atoms with Crippen LogP contribution < -0.4 is 5.73 Å². The molecule has 4 atom stereocenters. The first-order valence-corrected chi connectivity index (χ1v) is 7.64. The number of nitrogens with two attached hydrogens (primary N) is 1. The van der Waals surface area contributed by atoms with Crippen molar-refractivity contribution in [3.8, 4) is 11.5 Å². The molecule has 0 amide bonds. The van der Waals surface area contributed by atoms with Crippen LogP contribution in [0.5, 0.6) is 0 Å². The fourth-order valence-corrected chi connectivity index (χ4v) is 2.84. The fraction of sp³-hybridized carbons (Fsp3) is 0.333. The van der Waals surface area contributed by atoms with Gasteiger partial charge in [0.2, 0.25) is 0 Å². The molecule has 4 heterocycles. The molecule has 5 N–H and O–H groups in total. The van der Waals surface area contributed by atoms with Crippen LogP contribution in [0, 0.1) is 0 Å². The third-order valence-electron chi connectivity index (χ3n) is 4.13. The summed E-state index contributed by atoms with van der Waals surface area (Å²) in [6, 6.07) is 5.32. The number of aliphatic hydroxyl groups is 3. The zero-order valence-electron chi connectivity index (χ0n) is 13.0. The van der Waals surface area contributed by atoms with E-state index in [1.807, 2.05) is 0 Å². The monoisotopic (exact) mass is 344 g/mol. The molecule has 1 aliphatic heterocycles. The highest BCUT2D eigenvalue weighted by Crippen LogP contribution is 2.32. The number of hydrogen-bond donors (Lipinski definition) is 4. The zero-order valence-corrected chi connectivity index (χ0v) is 13.0. The van der Waals surface area contributed by atoms with Crippen molar-refractivity contribution in [3.05, 3.63) is 30.7 Å². The predicted molar refractivity (Wildman–Crippen MR) is 86.0 cm³/mol. The third-order valence-corrected chi connectivity index (χ3v) is 4.13. The Kier molecular flexibility index (Phi) is 3.81. The van der Waals surface area contributed by atoms with Crippen LogP contribution in [0.3, 0.4) is 0 Å². The molecule has 1 fully saturated rings. The lowest BCUT2D eigenvalue weighted by Crippen LogP contribution is -2.33. The first-order chi connectivity index (χ1) is 12.1. The summed E-state index contributed by atoms with van der Waals surface area (Å²) < 4.78 is 6.99. The Morgan fingerprint density at radius 3 is 2.68 bits per heavy atom. The minimum absolute atomic E-state index is 0.163. The van der Waals surface area contributed by atoms with E-state index in [4.69, 9.17) is 10.5 Å². The summed E-state index contributed by atoms with van der Waals surface area (Å²) in [5.41, 5.74) is 7.19. The van der Waals surface area contributed by atoms with E-state index < -0.39 is 31.1 Å². The fourth-order valence-electron chi connectivity index (χ4n) is 2.84. The van der Waals surface area contributed by atoms with Crippen LogP contribution in [0.4, 0.5) is 5.82 Å². The lowest BCUT2D eigenvalue weighted by atomic mass is 10.1. The Hall–Kier alpha value is -2.66. The van der Waals surface area contributed by atoms with Crippen LogP contribution in [-0.2, 0) is 4.74 Å². The molecule has 0 bridgehead atoms. The summed E-state index contributed by atoms with van der Waals surface area (Å²) >= 11 is 0. The number of rotatable bonds is 3. The summed E-state index contributed by atoms with van der Waals surface area (Å²) in [6.45, 7) is -0.419. The van der Waals surface area contributed by atoms with E-state index in [1.165, 1.54) is 10.9 Å². The maximum absolute atomic E-state index is 10.2. The van der Waals surface area contributed by atoms with Gasteiger partial charge < -0.3 is 25.8 Å². The predicted octanol–water partition coefficient (Wildman–Crippen LogP) is -0.918. The molecule has 25 heavy (non-hydrogen) atoms. The average molecular weight is 344 g/mol. The van der Waals surface area contributed by atoms with Gasteiger partial charge in [-0.25, -0.2) is 15.0 Å². The number of hydrogen-bond acceptors (Lipinski definition) is 9. The standard InChI is InChI=1S/C15H16N6O4/c16-12-9-14(20-13(19-12)7-3-1-2-4-17-7)21(6-18-9)15-11(24)10(23)8(5-22)25-15/h1-4,6,8,10-11,15,22-24H,5H2,(H2,16,19,20)/t8-,10-,11-,15-/m1/s1. The van der Waals surface area contributed by atoms with Crippen molar-refractivity contribution in [2.24, 2.45) is 0 Å². The summed E-state index contributed by atoms with van der Waals surface area (Å²) in [5.74, 6) is 0.468. The van der Waals surface area contributed by atoms with E-state index in [1.54, 1.807) is 24.4 Å². The van der Waals surface area contributed by atoms with Gasteiger partial charge in [-0.3, -0.25) is 9.55 Å². The highest BCUT2D eigenvalue weighted by Gasteiger charge is 2.44. The van der Waals surface area contributed by atoms with Crippen LogP contribution in [-0.4, -0.2) is 64.7 Å². The quantitative estimate of drug-likeness (QED) is 0.472. The normalized spacial score (nSPS) is 26.4. The smallest absolute Gasteiger partial charge is 0.182 e. The molecule has 1 saturated heterocycles. The second kappa shape index (κ2) is 6.01. The lowest BCUT2D eigenvalue weighted by Gasteiger charge is -2.16. The van der Waals surface area contributed by atoms with Crippen molar-refractivity contribution in [2.75, 3.05) is 12.3 Å². The van der Waals surface area contributed by atoms with Crippen LogP contribution in [0.1, 0.15) is 6.23 Å². The number of aliphatic hydroxyl groups excluding tert-OH is 3. The van der Waals surface area contributed by atoms with Gasteiger partial charge in [-0.2, -0.15) is 0 Å². The number of ether oxygens (including phenoxy) is 1. The molecule has 0 radical (unpaired) electrons. The molecule has 10 heteroatoms. The van der Waals surface area contributed by atoms with Gasteiger partial charge in [-0.1, -0.05) is 6.07 Å². The van der Waals surface area contributed by atoms with Crippen molar-refractivity contribution < 1.29 is 20.1 Å². The topological polar surface area (TPSA) is 152 Å². The van der Waals surface area contributed by atoms with E-state index in [9.17, 15) is 15.3 Å². The van der Waals surface area contributed by atoms with Gasteiger partial charge in [-0.05, 0) is 12.1 Å². The van der Waals surface area contributed by atoms with E-state index in [0.717, 1.165) is 0 Å². The van der Waals surface area contributed by atoms with Gasteiger partial charge in [0.05, 0.1) is 12.9 Å². The molecule has 0 aliphatic carbocycles. The molecule has 0 aromatic carbocycles. The molecule has 4 rings (SSSR count). The van der Waals surface area contributed by atoms with Crippen LogP contribution in [0.25, 0.3) is 22.7 Å². The highest BCUT2D eigenvalue weighted by atomic mass is 16.6. The number of fused-ring (bicyclic) bond motifs is 1. The number of nitrogen functional groups attached to an aromatic ring is 1. The molecule has 1 aliphatic rings. The SMILES string of the molecule is Nc1nc(-c2ccccn2)nc2c1ncn2[C@@H]1O[C@H](CO)[C@@H](O)[C@H]1O. The molecule has 3 aromatic rings. The molecule has 10 nitrogen and oxygen atoms in total. The van der Waals surface area contributed by atoms with E-state index in [2.05, 4.69) is 19.9 Å². The van der Waals surface area contributed by atoms with Crippen LogP contribution in [0.2, 0.25) is 0 Å². The van der Waals surface area contributed by atoms with E-state index in [-0.39, 0.29) is 5.82 Å². The maximum atomic E-state index is 10.2. The molecular formula is C15H16N6O4. The summed E-state index contributed by atoms with van der Waals surface area (Å²) in [4.78, 5) is 17.0. The zero-order chi connectivity index (χ0) is 17.6. The number of aromatic nitrogens is 5. The molecular weight excluding hydrogens is 328 g/mol. The van der Waals surface area contributed by atoms with Gasteiger partial charge in [0.25, 0.3) is 0 Å². The molecule has 0 unspecified atom stereocenters. The molecule has 0 saturated carbocycles. The molecule has 130 valence electrons. The van der Waals surface area contributed by atoms with Gasteiger partial charge in [-0.15, -0.1) is 0 Å². The van der Waals surface area contributed by atoms with Gasteiger partial charge in [0.1, 0.15) is 29.5 Å². The van der Waals surface area contributed by atoms with Crippen molar-refractivity contribution in [2.45, 2.75) is 24.5 Å². The number of nitrogens with zero attached hydrogens (tertiary/aromatic N) is 5. The summed E-state index contributed by atoms with van der Waals surface area (Å²) in [5, 5.41) is 29.4. The second-order valence-electron chi connectivity index (χ2n) is 5.70. The van der Waals surface area contributed by atoms with Gasteiger partial charge in [0.15, 0.2) is 23.5 Å². The van der Waals surface area contributed by atoms with Crippen molar-refractivity contribution >= 4 is 17.0 Å². The summed E-state index contributed by atoms with van der Waals surface area (Å²) in [7, 11) is 0. The lowest BCUT2D eigenvalue weighted by molar-refractivity contribution is -0.0511. The largest absolute Gasteiger partial charge is 0.394 e. The maximum Gasteiger partial charge on any atom is 0.182 e. The minimum atomic E-state index is -1.25. The second-order valence-corrected chi connectivity index (χ2v) is 5.70. The Bertz CT molecular complexity index is 902. The Balaban J connectivity index is 1.82. The number of imidazole rings is 1. The Morgan fingerprint density at radius 1 is 1.16 bits per heavy atom. The Labute approximate surface area is 141 Å². The highest BCUT2D eigenvalue weighted by molar-refractivity contribution is 5.83. The Morgan fingerprint density at radius 2 is 2.00 bits per heavy atom. The number of anilines is 1. The number of pyridine rings is 1. The summed E-state index contributed by atoms with van der Waals surface area (Å²) in [6.07, 6.45) is -1.30. The molecule has 0 spiro atoms.